The fraction of sp³-hybridized carbons (Fsp3) is 0.682. The average molecular weight is 437 g/mol. The first-order valence-electron chi connectivity index (χ1n) is 11.4. The van der Waals surface area contributed by atoms with Crippen LogP contribution in [0.2, 0.25) is 0 Å². The number of carbonyl (C=O) groups is 1. The summed E-state index contributed by atoms with van der Waals surface area (Å²) in [6.07, 6.45) is 5.04. The summed E-state index contributed by atoms with van der Waals surface area (Å²) in [5.41, 5.74) is 1.31. The minimum atomic E-state index is -3.57. The predicted molar refractivity (Wildman–Crippen MR) is 121 cm³/mol. The molecule has 0 spiro atoms. The van der Waals surface area contributed by atoms with Crippen molar-refractivity contribution < 1.29 is 13.2 Å². The van der Waals surface area contributed by atoms with E-state index in [1.54, 1.807) is 16.4 Å². The third-order valence-electron chi connectivity index (χ3n) is 6.22. The number of benzene rings is 1. The van der Waals surface area contributed by atoms with E-state index in [1.807, 2.05) is 6.07 Å². The summed E-state index contributed by atoms with van der Waals surface area (Å²) in [5, 5.41) is 3.00. The number of hydrogen-bond donors (Lipinski definition) is 1. The van der Waals surface area contributed by atoms with Crippen LogP contribution in [0.1, 0.15) is 56.3 Å². The number of hydrogen-bond acceptors (Lipinski definition) is 5. The molecule has 2 saturated heterocycles. The summed E-state index contributed by atoms with van der Waals surface area (Å²) in [5.74, 6) is -0.195. The molecular formula is C22H36N4O3S. The standard InChI is InChI=1S/C22H36N4O3S/c1-3-24(4-2)17-12-23-22(27)20-18-19(10-11-21(20)25-13-8-9-14-25)30(28,29)26-15-6-5-7-16-26/h10-11,18H,3-9,12-17H2,1-2H3,(H,23,27). The van der Waals surface area contributed by atoms with Crippen molar-refractivity contribution >= 4 is 21.6 Å². The lowest BCUT2D eigenvalue weighted by molar-refractivity contribution is 0.0949. The van der Waals surface area contributed by atoms with Gasteiger partial charge in [0.25, 0.3) is 5.91 Å². The van der Waals surface area contributed by atoms with Gasteiger partial charge in [0, 0.05) is 45.0 Å². The zero-order valence-corrected chi connectivity index (χ0v) is 19.2. The third-order valence-corrected chi connectivity index (χ3v) is 8.11. The molecule has 0 aromatic heterocycles. The first-order valence-corrected chi connectivity index (χ1v) is 12.8. The Bertz CT molecular complexity index is 812. The molecule has 168 valence electrons. The smallest absolute Gasteiger partial charge is 0.253 e. The molecule has 2 aliphatic heterocycles. The van der Waals surface area contributed by atoms with E-state index < -0.39 is 10.0 Å². The molecule has 1 aromatic carbocycles. The highest BCUT2D eigenvalue weighted by molar-refractivity contribution is 7.89. The van der Waals surface area contributed by atoms with Gasteiger partial charge >= 0.3 is 0 Å². The maximum absolute atomic E-state index is 13.1. The molecule has 0 radical (unpaired) electrons. The van der Waals surface area contributed by atoms with Gasteiger partial charge in [0.2, 0.25) is 10.0 Å². The van der Waals surface area contributed by atoms with Crippen molar-refractivity contribution in [3.63, 3.8) is 0 Å². The van der Waals surface area contributed by atoms with Crippen molar-refractivity contribution in [1.82, 2.24) is 14.5 Å². The van der Waals surface area contributed by atoms with Gasteiger partial charge in [-0.2, -0.15) is 4.31 Å². The number of nitrogens with zero attached hydrogens (tertiary/aromatic N) is 3. The lowest BCUT2D eigenvalue weighted by Gasteiger charge is -2.27. The highest BCUT2D eigenvalue weighted by Gasteiger charge is 2.28. The molecule has 0 aliphatic carbocycles. The molecule has 3 rings (SSSR count). The number of piperidine rings is 1. The normalized spacial score (nSPS) is 18.2. The summed E-state index contributed by atoms with van der Waals surface area (Å²) in [6, 6.07) is 5.08. The minimum Gasteiger partial charge on any atom is -0.371 e. The summed E-state index contributed by atoms with van der Waals surface area (Å²) < 4.78 is 27.9. The Kier molecular flexibility index (Phi) is 8.13. The quantitative estimate of drug-likeness (QED) is 0.644. The van der Waals surface area contributed by atoms with Crippen molar-refractivity contribution in [2.45, 2.75) is 50.8 Å². The molecular weight excluding hydrogens is 400 g/mol. The molecule has 30 heavy (non-hydrogen) atoms. The maximum Gasteiger partial charge on any atom is 0.253 e. The fourth-order valence-electron chi connectivity index (χ4n) is 4.31. The Morgan fingerprint density at radius 3 is 2.27 bits per heavy atom. The molecule has 8 heteroatoms. The van der Waals surface area contributed by atoms with Crippen molar-refractivity contribution in [3.8, 4) is 0 Å². The monoisotopic (exact) mass is 436 g/mol. The molecule has 2 fully saturated rings. The Hall–Kier alpha value is -1.64. The van der Waals surface area contributed by atoms with Gasteiger partial charge in [-0.1, -0.05) is 20.3 Å². The molecule has 0 unspecified atom stereocenters. The number of sulfonamides is 1. The van der Waals surface area contributed by atoms with Gasteiger partial charge in [0.1, 0.15) is 0 Å². The molecule has 2 aliphatic rings. The number of rotatable bonds is 9. The number of nitrogens with one attached hydrogen (secondary N) is 1. The molecule has 0 atom stereocenters. The Morgan fingerprint density at radius 2 is 1.63 bits per heavy atom. The molecule has 0 saturated carbocycles. The van der Waals surface area contributed by atoms with Gasteiger partial charge in [-0.25, -0.2) is 8.42 Å². The summed E-state index contributed by atoms with van der Waals surface area (Å²) in [4.78, 5) is 17.7. The van der Waals surface area contributed by atoms with Crippen molar-refractivity contribution in [2.24, 2.45) is 0 Å². The van der Waals surface area contributed by atoms with Crippen molar-refractivity contribution in [1.29, 1.82) is 0 Å². The van der Waals surface area contributed by atoms with Gasteiger partial charge in [-0.15, -0.1) is 0 Å². The summed E-state index contributed by atoms with van der Waals surface area (Å²) in [7, 11) is -3.57. The van der Waals surface area contributed by atoms with E-state index >= 15 is 0 Å². The van der Waals surface area contributed by atoms with E-state index in [9.17, 15) is 13.2 Å². The molecule has 1 aromatic rings. The summed E-state index contributed by atoms with van der Waals surface area (Å²) in [6.45, 7) is 10.3. The van der Waals surface area contributed by atoms with E-state index in [-0.39, 0.29) is 10.8 Å². The maximum atomic E-state index is 13.1. The number of anilines is 1. The molecule has 1 N–H and O–H groups in total. The minimum absolute atomic E-state index is 0.195. The second-order valence-corrected chi connectivity index (χ2v) is 10.1. The largest absolute Gasteiger partial charge is 0.371 e. The molecule has 0 bridgehead atoms. The number of carbonyl (C=O) groups excluding carboxylic acids is 1. The van der Waals surface area contributed by atoms with Gasteiger partial charge < -0.3 is 15.1 Å². The van der Waals surface area contributed by atoms with Gasteiger partial charge in [0.05, 0.1) is 10.5 Å². The number of likely N-dealkylation sites (N-methyl/N-ethyl adjacent to an activating group) is 1. The first-order chi connectivity index (χ1) is 14.5. The molecule has 2 heterocycles. The van der Waals surface area contributed by atoms with Crippen LogP contribution in [-0.4, -0.2) is 75.9 Å². The molecule has 7 nitrogen and oxygen atoms in total. The fourth-order valence-corrected chi connectivity index (χ4v) is 5.85. The van der Waals surface area contributed by atoms with Gasteiger partial charge in [-0.3, -0.25) is 4.79 Å². The van der Waals surface area contributed by atoms with Crippen LogP contribution in [0.15, 0.2) is 23.1 Å². The van der Waals surface area contributed by atoms with Gasteiger partial charge in [-0.05, 0) is 57.0 Å². The van der Waals surface area contributed by atoms with E-state index in [0.717, 1.165) is 70.5 Å². The van der Waals surface area contributed by atoms with E-state index in [0.29, 0.717) is 25.2 Å². The van der Waals surface area contributed by atoms with E-state index in [1.165, 1.54) is 0 Å². The SMILES string of the molecule is CCN(CC)CCNC(=O)c1cc(S(=O)(=O)N2CCCCC2)ccc1N1CCCC1. The second kappa shape index (κ2) is 10.6. The third kappa shape index (κ3) is 5.34. The predicted octanol–water partition coefficient (Wildman–Crippen LogP) is 2.53. The van der Waals surface area contributed by atoms with Crippen LogP contribution in [0, 0.1) is 0 Å². The van der Waals surface area contributed by atoms with Crippen LogP contribution in [0.25, 0.3) is 0 Å². The zero-order valence-electron chi connectivity index (χ0n) is 18.4. The first kappa shape index (κ1) is 23.0. The lowest BCUT2D eigenvalue weighted by atomic mass is 10.1. The highest BCUT2D eigenvalue weighted by atomic mass is 32.2. The van der Waals surface area contributed by atoms with E-state index in [4.69, 9.17) is 0 Å². The zero-order chi connectivity index (χ0) is 21.6. The van der Waals surface area contributed by atoms with Crippen LogP contribution in [-0.2, 0) is 10.0 Å². The highest BCUT2D eigenvalue weighted by Crippen LogP contribution is 2.29. The van der Waals surface area contributed by atoms with Crippen LogP contribution in [0.3, 0.4) is 0 Å². The number of amides is 1. The van der Waals surface area contributed by atoms with Crippen LogP contribution in [0.5, 0.6) is 0 Å². The summed E-state index contributed by atoms with van der Waals surface area (Å²) >= 11 is 0. The topological polar surface area (TPSA) is 73.0 Å². The average Bonchev–Trinajstić information content (AvgIpc) is 3.31. The lowest BCUT2D eigenvalue weighted by Crippen LogP contribution is -2.37. The van der Waals surface area contributed by atoms with E-state index in [2.05, 4.69) is 29.0 Å². The Labute approximate surface area is 181 Å². The van der Waals surface area contributed by atoms with Gasteiger partial charge in [0.15, 0.2) is 0 Å². The van der Waals surface area contributed by atoms with Crippen LogP contribution < -0.4 is 10.2 Å². The van der Waals surface area contributed by atoms with Crippen LogP contribution >= 0.6 is 0 Å². The van der Waals surface area contributed by atoms with Crippen molar-refractivity contribution in [2.75, 3.05) is 57.3 Å². The van der Waals surface area contributed by atoms with Crippen molar-refractivity contribution in [3.05, 3.63) is 23.8 Å². The Morgan fingerprint density at radius 1 is 1.00 bits per heavy atom. The Balaban J connectivity index is 1.84. The molecule has 1 amide bonds. The second-order valence-electron chi connectivity index (χ2n) is 8.12. The van der Waals surface area contributed by atoms with Crippen LogP contribution in [0.4, 0.5) is 5.69 Å².